The number of hydrogen-bond donors (Lipinski definition) is 0. The Morgan fingerprint density at radius 3 is 2.28 bits per heavy atom. The van der Waals surface area contributed by atoms with Crippen LogP contribution in [0.15, 0.2) is 24.3 Å². The van der Waals surface area contributed by atoms with Crippen LogP contribution >= 0.6 is 0 Å². The fraction of sp³-hybridized carbons (Fsp3) is 0.556. The Labute approximate surface area is 148 Å². The molecule has 0 saturated carbocycles. The molecule has 1 aromatic carbocycles. The highest BCUT2D eigenvalue weighted by Crippen LogP contribution is 2.09. The molecular formula is C18H26O7. The van der Waals surface area contributed by atoms with Crippen LogP contribution in [0.2, 0.25) is 0 Å². The van der Waals surface area contributed by atoms with Crippen molar-refractivity contribution in [2.45, 2.75) is 46.0 Å². The van der Waals surface area contributed by atoms with Crippen LogP contribution in [0.5, 0.6) is 0 Å². The predicted molar refractivity (Wildman–Crippen MR) is 89.7 cm³/mol. The number of carbonyl (C=O) groups excluding carboxylic acids is 2. The third-order valence-electron chi connectivity index (χ3n) is 3.31. The second-order valence-electron chi connectivity index (χ2n) is 5.39. The van der Waals surface area contributed by atoms with Crippen molar-refractivity contribution in [1.82, 2.24) is 0 Å². The molecule has 7 nitrogen and oxygen atoms in total. The van der Waals surface area contributed by atoms with Gasteiger partial charge in [0.25, 0.3) is 0 Å². The molecule has 0 N–H and O–H groups in total. The Morgan fingerprint density at radius 2 is 1.60 bits per heavy atom. The van der Waals surface area contributed by atoms with Crippen molar-refractivity contribution in [3.63, 3.8) is 0 Å². The van der Waals surface area contributed by atoms with E-state index in [1.165, 1.54) is 0 Å². The number of aryl methyl sites for hydroxylation is 1. The first-order valence-corrected chi connectivity index (χ1v) is 8.56. The molecule has 0 bridgehead atoms. The minimum atomic E-state index is -1.11. The predicted octanol–water partition coefficient (Wildman–Crippen LogP) is 4.00. The summed E-state index contributed by atoms with van der Waals surface area (Å²) in [5, 5.41) is 4.14. The van der Waals surface area contributed by atoms with Crippen LogP contribution in [0.1, 0.15) is 55.5 Å². The van der Waals surface area contributed by atoms with Gasteiger partial charge in [0.05, 0.1) is 17.2 Å². The summed E-state index contributed by atoms with van der Waals surface area (Å²) < 4.78 is 9.86. The molecule has 0 aliphatic heterocycles. The molecule has 1 aromatic rings. The quantitative estimate of drug-likeness (QED) is 0.243. The largest absolute Gasteiger partial charge is 0.543 e. The lowest BCUT2D eigenvalue weighted by Gasteiger charge is -2.05. The highest BCUT2D eigenvalue weighted by molar-refractivity contribution is 5.88. The van der Waals surface area contributed by atoms with E-state index in [1.807, 2.05) is 12.1 Å². The van der Waals surface area contributed by atoms with E-state index >= 15 is 0 Å². The molecule has 0 aliphatic carbocycles. The van der Waals surface area contributed by atoms with Crippen molar-refractivity contribution < 1.29 is 33.9 Å². The Bertz CT molecular complexity index is 499. The van der Waals surface area contributed by atoms with E-state index in [4.69, 9.17) is 4.74 Å². The Kier molecular flexibility index (Phi) is 11.0. The van der Waals surface area contributed by atoms with Crippen molar-refractivity contribution in [1.29, 1.82) is 0 Å². The molecule has 0 spiro atoms. The second kappa shape index (κ2) is 13.2. The molecule has 0 amide bonds. The Balaban J connectivity index is 2.15. The summed E-state index contributed by atoms with van der Waals surface area (Å²) in [5.41, 5.74) is 1.43. The molecule has 0 unspecified atom stereocenters. The normalized spacial score (nSPS) is 10.3. The lowest BCUT2D eigenvalue weighted by atomic mass is 10.1. The first kappa shape index (κ1) is 20.9. The van der Waals surface area contributed by atoms with E-state index in [2.05, 4.69) is 33.4 Å². The molecule has 1 rings (SSSR count). The molecule has 0 radical (unpaired) electrons. The molecule has 0 saturated heterocycles. The van der Waals surface area contributed by atoms with Gasteiger partial charge in [0.1, 0.15) is 6.61 Å². The van der Waals surface area contributed by atoms with Gasteiger partial charge in [-0.25, -0.2) is 14.5 Å². The van der Waals surface area contributed by atoms with Crippen molar-refractivity contribution in [3.05, 3.63) is 35.4 Å². The van der Waals surface area contributed by atoms with E-state index < -0.39 is 12.1 Å². The zero-order valence-corrected chi connectivity index (χ0v) is 14.8. The fourth-order valence-electron chi connectivity index (χ4n) is 1.87. The number of rotatable bonds is 12. The zero-order valence-electron chi connectivity index (χ0n) is 14.8. The first-order chi connectivity index (χ1) is 12.2. The van der Waals surface area contributed by atoms with E-state index in [1.54, 1.807) is 12.1 Å². The van der Waals surface area contributed by atoms with E-state index in [-0.39, 0.29) is 13.2 Å². The SMILES string of the molecule is CCCCOCCOC(=O)OOOC(=O)c1ccc(CCCC)cc1. The Morgan fingerprint density at radius 1 is 0.880 bits per heavy atom. The molecule has 7 heteroatoms. The standard InChI is InChI=1S/C18H26O7/c1-3-5-7-15-8-10-16(11-9-15)17(19)23-25-24-18(20)22-14-13-21-12-6-4-2/h8-11H,3-7,12-14H2,1-2H3. The van der Waals surface area contributed by atoms with Gasteiger partial charge in [0, 0.05) is 6.61 Å². The molecular weight excluding hydrogens is 328 g/mol. The molecule has 0 heterocycles. The van der Waals surface area contributed by atoms with Gasteiger partial charge in [0.2, 0.25) is 0 Å². The first-order valence-electron chi connectivity index (χ1n) is 8.56. The van der Waals surface area contributed by atoms with Crippen molar-refractivity contribution in [3.8, 4) is 0 Å². The third kappa shape index (κ3) is 9.69. The van der Waals surface area contributed by atoms with Crippen LogP contribution in [0.4, 0.5) is 4.79 Å². The van der Waals surface area contributed by atoms with Crippen LogP contribution in [0.25, 0.3) is 0 Å². The average Bonchev–Trinajstić information content (AvgIpc) is 2.63. The van der Waals surface area contributed by atoms with Gasteiger partial charge >= 0.3 is 12.1 Å². The van der Waals surface area contributed by atoms with Crippen molar-refractivity contribution in [2.75, 3.05) is 19.8 Å². The van der Waals surface area contributed by atoms with Crippen LogP contribution < -0.4 is 0 Å². The summed E-state index contributed by atoms with van der Waals surface area (Å²) in [6.07, 6.45) is 4.02. The minimum absolute atomic E-state index is 0.0269. The molecule has 0 atom stereocenters. The Hall–Kier alpha value is -2.12. The van der Waals surface area contributed by atoms with Gasteiger partial charge in [0.15, 0.2) is 0 Å². The van der Waals surface area contributed by atoms with E-state index in [9.17, 15) is 9.59 Å². The summed E-state index contributed by atoms with van der Waals surface area (Å²) in [4.78, 5) is 31.5. The van der Waals surface area contributed by atoms with Crippen LogP contribution in [0, 0.1) is 0 Å². The second-order valence-corrected chi connectivity index (χ2v) is 5.39. The lowest BCUT2D eigenvalue weighted by Crippen LogP contribution is -2.14. The zero-order chi connectivity index (χ0) is 18.3. The van der Waals surface area contributed by atoms with E-state index in [0.29, 0.717) is 12.2 Å². The fourth-order valence-corrected chi connectivity index (χ4v) is 1.87. The molecule has 0 fully saturated rings. The molecule has 0 aliphatic rings. The average molecular weight is 354 g/mol. The highest BCUT2D eigenvalue weighted by Gasteiger charge is 2.12. The molecule has 0 aromatic heterocycles. The summed E-state index contributed by atoms with van der Waals surface area (Å²) in [5.74, 6) is -0.766. The maximum atomic E-state index is 11.7. The van der Waals surface area contributed by atoms with Crippen LogP contribution in [0.3, 0.4) is 0 Å². The third-order valence-corrected chi connectivity index (χ3v) is 3.31. The smallest absolute Gasteiger partial charge is 0.430 e. The van der Waals surface area contributed by atoms with Crippen molar-refractivity contribution in [2.24, 2.45) is 0 Å². The van der Waals surface area contributed by atoms with Gasteiger partial charge in [-0.05, 0) is 37.0 Å². The van der Waals surface area contributed by atoms with Crippen molar-refractivity contribution >= 4 is 12.1 Å². The maximum Gasteiger partial charge on any atom is 0.543 e. The molecule has 140 valence electrons. The molecule has 25 heavy (non-hydrogen) atoms. The topological polar surface area (TPSA) is 80.3 Å². The summed E-state index contributed by atoms with van der Waals surface area (Å²) in [6, 6.07) is 6.95. The van der Waals surface area contributed by atoms with Gasteiger partial charge in [-0.2, -0.15) is 0 Å². The van der Waals surface area contributed by atoms with Gasteiger partial charge < -0.3 is 9.47 Å². The van der Waals surface area contributed by atoms with Gasteiger partial charge in [-0.1, -0.05) is 38.8 Å². The number of ether oxygens (including phenoxy) is 2. The number of hydrogen-bond acceptors (Lipinski definition) is 7. The van der Waals surface area contributed by atoms with E-state index in [0.717, 1.165) is 37.7 Å². The minimum Gasteiger partial charge on any atom is -0.430 e. The lowest BCUT2D eigenvalue weighted by molar-refractivity contribution is -0.452. The van der Waals surface area contributed by atoms with Gasteiger partial charge in [-0.3, -0.25) is 4.89 Å². The summed E-state index contributed by atoms with van der Waals surface area (Å²) in [6.45, 7) is 5.07. The monoisotopic (exact) mass is 354 g/mol. The summed E-state index contributed by atoms with van der Waals surface area (Å²) >= 11 is 0. The van der Waals surface area contributed by atoms with Gasteiger partial charge in [-0.15, -0.1) is 0 Å². The highest BCUT2D eigenvalue weighted by atomic mass is 17.5. The van der Waals surface area contributed by atoms with Crippen LogP contribution in [-0.4, -0.2) is 31.9 Å². The number of benzene rings is 1. The maximum absolute atomic E-state index is 11.7. The summed E-state index contributed by atoms with van der Waals surface area (Å²) in [7, 11) is 0. The number of carbonyl (C=O) groups is 2. The number of unbranched alkanes of at least 4 members (excludes halogenated alkanes) is 2. The van der Waals surface area contributed by atoms with Crippen LogP contribution in [-0.2, 0) is 30.7 Å².